The molecule has 0 N–H and O–H groups in total. The molecule has 4 aromatic heterocycles. The van der Waals surface area contributed by atoms with Crippen LogP contribution in [0.25, 0.3) is 126 Å². The molecule has 0 saturated carbocycles. The van der Waals surface area contributed by atoms with Crippen LogP contribution in [0.5, 0.6) is 0 Å². The van der Waals surface area contributed by atoms with E-state index >= 15 is 0 Å². The van der Waals surface area contributed by atoms with E-state index < -0.39 is 0 Å². The minimum absolute atomic E-state index is 0.887. The average molecular weight is 726 g/mol. The van der Waals surface area contributed by atoms with Crippen LogP contribution in [-0.4, -0.2) is 4.40 Å². The van der Waals surface area contributed by atoms with Gasteiger partial charge in [0, 0.05) is 43.1 Å². The number of benzene rings is 9. The number of aromatic nitrogens is 1. The van der Waals surface area contributed by atoms with Crippen molar-refractivity contribution in [1.82, 2.24) is 4.40 Å². The van der Waals surface area contributed by atoms with Crippen molar-refractivity contribution in [3.05, 3.63) is 188 Å². The van der Waals surface area contributed by atoms with Crippen molar-refractivity contribution < 1.29 is 8.83 Å². The molecule has 0 spiro atoms. The number of para-hydroxylation sites is 2. The monoisotopic (exact) mass is 725 g/mol. The van der Waals surface area contributed by atoms with Gasteiger partial charge < -0.3 is 13.2 Å². The first kappa shape index (κ1) is 30.7. The number of hydrogen-bond acceptors (Lipinski definition) is 2. The van der Waals surface area contributed by atoms with Gasteiger partial charge in [-0.2, -0.15) is 0 Å². The van der Waals surface area contributed by atoms with E-state index in [-0.39, 0.29) is 0 Å². The van der Waals surface area contributed by atoms with Gasteiger partial charge in [-0.15, -0.1) is 0 Å². The van der Waals surface area contributed by atoms with E-state index in [1.807, 2.05) is 12.1 Å². The van der Waals surface area contributed by atoms with Gasteiger partial charge >= 0.3 is 0 Å². The summed E-state index contributed by atoms with van der Waals surface area (Å²) < 4.78 is 16.1. The van der Waals surface area contributed by atoms with Crippen molar-refractivity contribution in [2.75, 3.05) is 0 Å². The molecule has 0 atom stereocenters. The topological polar surface area (TPSA) is 30.7 Å². The molecule has 13 rings (SSSR count). The Hall–Kier alpha value is -7.62. The fraction of sp³-hybridized carbons (Fsp3) is 0. The van der Waals surface area contributed by atoms with Crippen molar-refractivity contribution in [3.63, 3.8) is 0 Å². The van der Waals surface area contributed by atoms with Crippen molar-refractivity contribution in [1.29, 1.82) is 0 Å². The molecular weight excluding hydrogens is 695 g/mol. The number of rotatable bonds is 4. The van der Waals surface area contributed by atoms with E-state index in [2.05, 4.69) is 180 Å². The summed E-state index contributed by atoms with van der Waals surface area (Å²) in [5.41, 5.74) is 16.3. The standard InChI is InChI=1S/C54H31NO2/c1-4-14-32(15-5-1)35-28-43(33-16-6-2-7-17-33)49(44(29-35)34-18-8-3-9-19-34)36-30-45-39-24-26-41-37-20-10-12-22-47(37)56-53(41)51(39)55-50(45)46(31-36)40-25-27-42-38-21-11-13-23-48(38)57-54(42)52(40)55/h1-31H. The van der Waals surface area contributed by atoms with Crippen LogP contribution in [0.2, 0.25) is 0 Å². The van der Waals surface area contributed by atoms with Crippen molar-refractivity contribution in [3.8, 4) is 44.5 Å². The quantitative estimate of drug-likeness (QED) is 0.181. The Balaban J connectivity index is 1.23. The first-order valence-corrected chi connectivity index (χ1v) is 19.5. The Morgan fingerprint density at radius 1 is 0.281 bits per heavy atom. The summed E-state index contributed by atoms with van der Waals surface area (Å²) in [5.74, 6) is 0. The lowest BCUT2D eigenvalue weighted by Gasteiger charge is -2.19. The molecular formula is C54H31NO2. The Labute approximate surface area is 326 Å². The molecule has 0 fully saturated rings. The minimum Gasteiger partial charge on any atom is -0.454 e. The summed E-state index contributed by atoms with van der Waals surface area (Å²) in [6.07, 6.45) is 0. The summed E-state index contributed by atoms with van der Waals surface area (Å²) in [4.78, 5) is 0. The van der Waals surface area contributed by atoms with E-state index in [0.29, 0.717) is 0 Å². The highest BCUT2D eigenvalue weighted by molar-refractivity contribution is 6.32. The molecule has 0 saturated heterocycles. The van der Waals surface area contributed by atoms with Gasteiger partial charge in [0.05, 0.1) is 16.6 Å². The summed E-state index contributed by atoms with van der Waals surface area (Å²) in [7, 11) is 0. The summed E-state index contributed by atoms with van der Waals surface area (Å²) >= 11 is 0. The second kappa shape index (κ2) is 11.5. The molecule has 57 heavy (non-hydrogen) atoms. The molecule has 13 aromatic rings. The Bertz CT molecular complexity index is 3500. The normalized spacial score (nSPS) is 12.2. The van der Waals surface area contributed by atoms with E-state index in [0.717, 1.165) is 71.2 Å². The van der Waals surface area contributed by atoms with Crippen LogP contribution in [0.3, 0.4) is 0 Å². The first-order chi connectivity index (χ1) is 28.3. The van der Waals surface area contributed by atoms with Gasteiger partial charge in [-0.1, -0.05) is 140 Å². The maximum absolute atomic E-state index is 6.82. The number of furan rings is 2. The van der Waals surface area contributed by atoms with Gasteiger partial charge in [-0.3, -0.25) is 0 Å². The fourth-order valence-corrected chi connectivity index (χ4v) is 9.63. The largest absolute Gasteiger partial charge is 0.454 e. The van der Waals surface area contributed by atoms with Gasteiger partial charge in [0.25, 0.3) is 0 Å². The maximum atomic E-state index is 6.82. The van der Waals surface area contributed by atoms with Crippen LogP contribution in [0.4, 0.5) is 0 Å². The molecule has 0 bridgehead atoms. The van der Waals surface area contributed by atoms with Gasteiger partial charge in [0.15, 0.2) is 11.2 Å². The second-order valence-corrected chi connectivity index (χ2v) is 15.2. The van der Waals surface area contributed by atoms with Crippen molar-refractivity contribution in [2.45, 2.75) is 0 Å². The predicted octanol–water partition coefficient (Wildman–Crippen LogP) is 15.3. The lowest BCUT2D eigenvalue weighted by molar-refractivity contribution is 0.670. The van der Waals surface area contributed by atoms with Crippen LogP contribution >= 0.6 is 0 Å². The zero-order valence-corrected chi connectivity index (χ0v) is 30.7. The SMILES string of the molecule is c1ccc(-c2cc(-c3ccccc3)c(-c3cc4c5ccc6c7ccccc7oc6c5n5c4c(c3)c3ccc4c6ccccc6oc4c35)c(-c3ccccc3)c2)cc1. The van der Waals surface area contributed by atoms with Gasteiger partial charge in [-0.05, 0) is 93.0 Å². The molecule has 0 aliphatic heterocycles. The van der Waals surface area contributed by atoms with Gasteiger partial charge in [-0.25, -0.2) is 0 Å². The highest BCUT2D eigenvalue weighted by atomic mass is 16.3. The molecule has 0 unspecified atom stereocenters. The van der Waals surface area contributed by atoms with Crippen molar-refractivity contribution in [2.24, 2.45) is 0 Å². The first-order valence-electron chi connectivity index (χ1n) is 19.5. The Morgan fingerprint density at radius 3 is 1.19 bits per heavy atom. The summed E-state index contributed by atoms with van der Waals surface area (Å²) in [6.45, 7) is 0. The Morgan fingerprint density at radius 2 is 0.702 bits per heavy atom. The highest BCUT2D eigenvalue weighted by Crippen LogP contribution is 2.50. The van der Waals surface area contributed by atoms with Crippen LogP contribution in [0, 0.1) is 0 Å². The maximum Gasteiger partial charge on any atom is 0.160 e. The average Bonchev–Trinajstić information content (AvgIpc) is 4.03. The Kier molecular flexibility index (Phi) is 6.16. The molecule has 9 aromatic carbocycles. The van der Waals surface area contributed by atoms with E-state index in [1.54, 1.807) is 0 Å². The summed E-state index contributed by atoms with van der Waals surface area (Å²) in [5, 5.41) is 9.13. The molecule has 3 nitrogen and oxygen atoms in total. The number of nitrogens with zero attached hydrogens (tertiary/aromatic N) is 1. The van der Waals surface area contributed by atoms with Crippen LogP contribution in [0.1, 0.15) is 0 Å². The second-order valence-electron chi connectivity index (χ2n) is 15.2. The van der Waals surface area contributed by atoms with Crippen LogP contribution in [0.15, 0.2) is 197 Å². The molecule has 3 heteroatoms. The van der Waals surface area contributed by atoms with E-state index in [1.165, 1.54) is 55.2 Å². The van der Waals surface area contributed by atoms with Crippen LogP contribution in [-0.2, 0) is 0 Å². The fourth-order valence-electron chi connectivity index (χ4n) is 9.63. The lowest BCUT2D eigenvalue weighted by Crippen LogP contribution is -1.93. The zero-order chi connectivity index (χ0) is 37.2. The lowest BCUT2D eigenvalue weighted by atomic mass is 9.84. The third-order valence-corrected chi connectivity index (χ3v) is 12.1. The molecule has 0 radical (unpaired) electrons. The number of hydrogen-bond donors (Lipinski definition) is 0. The third-order valence-electron chi connectivity index (χ3n) is 12.1. The third kappa shape index (κ3) is 4.26. The smallest absolute Gasteiger partial charge is 0.160 e. The predicted molar refractivity (Wildman–Crippen MR) is 237 cm³/mol. The molecule has 0 aliphatic rings. The highest BCUT2D eigenvalue weighted by Gasteiger charge is 2.27. The zero-order valence-electron chi connectivity index (χ0n) is 30.7. The minimum atomic E-state index is 0.887. The van der Waals surface area contributed by atoms with Gasteiger partial charge in [0.2, 0.25) is 0 Å². The molecule has 0 aliphatic carbocycles. The number of fused-ring (bicyclic) bond motifs is 14. The van der Waals surface area contributed by atoms with E-state index in [4.69, 9.17) is 8.83 Å². The summed E-state index contributed by atoms with van der Waals surface area (Å²) in [6, 6.07) is 67.8. The molecule has 264 valence electrons. The van der Waals surface area contributed by atoms with Gasteiger partial charge in [0.1, 0.15) is 11.2 Å². The van der Waals surface area contributed by atoms with Crippen molar-refractivity contribution >= 4 is 82.0 Å². The van der Waals surface area contributed by atoms with E-state index in [9.17, 15) is 0 Å². The molecule has 0 amide bonds. The molecule has 4 heterocycles. The van der Waals surface area contributed by atoms with Crippen LogP contribution < -0.4 is 0 Å².